The minimum absolute atomic E-state index is 0.420. The number of nitrogens with one attached hydrogen (secondary N) is 2. The van der Waals surface area contributed by atoms with Crippen LogP contribution in [0, 0.1) is 0 Å². The highest BCUT2D eigenvalue weighted by Gasteiger charge is 2.19. The molecule has 0 unspecified atom stereocenters. The number of hydrazine groups is 1. The van der Waals surface area contributed by atoms with Gasteiger partial charge in [0.15, 0.2) is 0 Å². The molecule has 0 aromatic carbocycles. The predicted molar refractivity (Wildman–Crippen MR) is 57.8 cm³/mol. The molecule has 86 valence electrons. The summed E-state index contributed by atoms with van der Waals surface area (Å²) in [6, 6.07) is 0. The third-order valence-electron chi connectivity index (χ3n) is 1.89. The van der Waals surface area contributed by atoms with Crippen LogP contribution in [0.1, 0.15) is 27.2 Å². The molecule has 0 aromatic rings. The lowest BCUT2D eigenvalue weighted by Crippen LogP contribution is -2.40. The second-order valence-corrected chi connectivity index (χ2v) is 4.46. The van der Waals surface area contributed by atoms with Crippen LogP contribution in [0.4, 0.5) is 4.79 Å². The molecule has 0 spiro atoms. The van der Waals surface area contributed by atoms with Gasteiger partial charge in [0, 0.05) is 31.9 Å². The van der Waals surface area contributed by atoms with Crippen LogP contribution in [-0.2, 0) is 4.74 Å². The summed E-state index contributed by atoms with van der Waals surface area (Å²) in [7, 11) is 1.86. The largest absolute Gasteiger partial charge is 0.443 e. The molecule has 1 heterocycles. The van der Waals surface area contributed by atoms with E-state index in [1.54, 1.807) is 5.01 Å². The number of ether oxygens (including phenoxy) is 1. The van der Waals surface area contributed by atoms with E-state index >= 15 is 0 Å². The van der Waals surface area contributed by atoms with Crippen LogP contribution in [0.2, 0.25) is 0 Å². The van der Waals surface area contributed by atoms with Crippen LogP contribution in [-0.4, -0.2) is 30.3 Å². The van der Waals surface area contributed by atoms with E-state index in [9.17, 15) is 4.79 Å². The molecule has 0 saturated heterocycles. The second-order valence-electron chi connectivity index (χ2n) is 4.46. The van der Waals surface area contributed by atoms with Gasteiger partial charge in [0.05, 0.1) is 0 Å². The molecule has 5 nitrogen and oxygen atoms in total. The minimum atomic E-state index is -0.459. The number of amides is 1. The van der Waals surface area contributed by atoms with Crippen molar-refractivity contribution in [2.75, 3.05) is 13.6 Å². The topological polar surface area (TPSA) is 53.6 Å². The van der Waals surface area contributed by atoms with E-state index in [4.69, 9.17) is 4.74 Å². The number of carbonyl (C=O) groups excluding carboxylic acids is 1. The van der Waals surface area contributed by atoms with Crippen LogP contribution in [0.15, 0.2) is 11.9 Å². The average molecular weight is 213 g/mol. The molecule has 0 bridgehead atoms. The zero-order chi connectivity index (χ0) is 11.5. The Morgan fingerprint density at radius 1 is 1.53 bits per heavy atom. The van der Waals surface area contributed by atoms with Crippen LogP contribution < -0.4 is 10.7 Å². The first-order valence-corrected chi connectivity index (χ1v) is 5.05. The van der Waals surface area contributed by atoms with E-state index in [0.29, 0.717) is 0 Å². The average Bonchev–Trinajstić information content (AvgIpc) is 2.48. The Morgan fingerprint density at radius 2 is 2.20 bits per heavy atom. The van der Waals surface area contributed by atoms with Crippen molar-refractivity contribution in [3.8, 4) is 0 Å². The van der Waals surface area contributed by atoms with Gasteiger partial charge < -0.3 is 10.1 Å². The molecular formula is C10H19N3O2. The molecule has 2 N–H and O–H groups in total. The maximum absolute atomic E-state index is 11.4. The lowest BCUT2D eigenvalue weighted by Gasteiger charge is -2.22. The van der Waals surface area contributed by atoms with Crippen molar-refractivity contribution in [2.24, 2.45) is 0 Å². The zero-order valence-corrected chi connectivity index (χ0v) is 9.76. The SMILES string of the molecule is CNC1=CN(NC(=O)OC(C)(C)C)CC1. The van der Waals surface area contributed by atoms with Crippen molar-refractivity contribution < 1.29 is 9.53 Å². The fraction of sp³-hybridized carbons (Fsp3) is 0.700. The van der Waals surface area contributed by atoms with E-state index < -0.39 is 11.7 Å². The van der Waals surface area contributed by atoms with Crippen LogP contribution in [0.5, 0.6) is 0 Å². The lowest BCUT2D eigenvalue weighted by molar-refractivity contribution is 0.0404. The van der Waals surface area contributed by atoms with Gasteiger partial charge in [-0.3, -0.25) is 5.01 Å². The van der Waals surface area contributed by atoms with Gasteiger partial charge in [-0.25, -0.2) is 10.2 Å². The Morgan fingerprint density at radius 3 is 2.67 bits per heavy atom. The highest BCUT2D eigenvalue weighted by atomic mass is 16.6. The van der Waals surface area contributed by atoms with Gasteiger partial charge >= 0.3 is 6.09 Å². The second kappa shape index (κ2) is 4.42. The normalized spacial score (nSPS) is 16.0. The van der Waals surface area contributed by atoms with E-state index in [1.807, 2.05) is 34.0 Å². The molecule has 1 rings (SSSR count). The van der Waals surface area contributed by atoms with Crippen molar-refractivity contribution in [1.82, 2.24) is 15.8 Å². The standard InChI is InChI=1S/C10H19N3O2/c1-10(2,3)15-9(14)12-13-6-5-8(7-13)11-4/h7,11H,5-6H2,1-4H3,(H,12,14). The van der Waals surface area contributed by atoms with Crippen LogP contribution >= 0.6 is 0 Å². The summed E-state index contributed by atoms with van der Waals surface area (Å²) in [5.74, 6) is 0. The predicted octanol–water partition coefficient (Wildman–Crippen LogP) is 1.19. The van der Waals surface area contributed by atoms with Gasteiger partial charge in [0.2, 0.25) is 0 Å². The fourth-order valence-corrected chi connectivity index (χ4v) is 1.25. The van der Waals surface area contributed by atoms with Crippen molar-refractivity contribution in [2.45, 2.75) is 32.8 Å². The molecule has 0 radical (unpaired) electrons. The van der Waals surface area contributed by atoms with E-state index in [0.717, 1.165) is 18.7 Å². The smallest absolute Gasteiger partial charge is 0.426 e. The molecule has 1 aliphatic rings. The number of nitrogens with zero attached hydrogens (tertiary/aromatic N) is 1. The highest BCUT2D eigenvalue weighted by molar-refractivity contribution is 5.67. The Balaban J connectivity index is 2.37. The van der Waals surface area contributed by atoms with Crippen LogP contribution in [0.25, 0.3) is 0 Å². The zero-order valence-electron chi connectivity index (χ0n) is 9.76. The maximum Gasteiger partial charge on any atom is 0.426 e. The van der Waals surface area contributed by atoms with Gasteiger partial charge in [0.1, 0.15) is 5.60 Å². The molecule has 0 aliphatic carbocycles. The lowest BCUT2D eigenvalue weighted by atomic mass is 10.2. The minimum Gasteiger partial charge on any atom is -0.443 e. The van der Waals surface area contributed by atoms with Gasteiger partial charge in [-0.2, -0.15) is 0 Å². The van der Waals surface area contributed by atoms with Crippen molar-refractivity contribution in [3.63, 3.8) is 0 Å². The Bertz CT molecular complexity index is 268. The molecule has 5 heteroatoms. The van der Waals surface area contributed by atoms with E-state index in [-0.39, 0.29) is 0 Å². The first-order chi connectivity index (χ1) is 6.90. The molecule has 15 heavy (non-hydrogen) atoms. The Hall–Kier alpha value is -1.39. The number of hydrogen-bond donors (Lipinski definition) is 2. The first-order valence-electron chi connectivity index (χ1n) is 5.05. The third-order valence-corrected chi connectivity index (χ3v) is 1.89. The van der Waals surface area contributed by atoms with Crippen molar-refractivity contribution >= 4 is 6.09 Å². The molecule has 1 aliphatic heterocycles. The van der Waals surface area contributed by atoms with Crippen LogP contribution in [0.3, 0.4) is 0 Å². The van der Waals surface area contributed by atoms with Crippen molar-refractivity contribution in [3.05, 3.63) is 11.9 Å². The summed E-state index contributed by atoms with van der Waals surface area (Å²) in [4.78, 5) is 11.4. The molecule has 0 saturated carbocycles. The van der Waals surface area contributed by atoms with E-state index in [2.05, 4.69) is 10.7 Å². The molecule has 0 fully saturated rings. The van der Waals surface area contributed by atoms with Gasteiger partial charge in [0.25, 0.3) is 0 Å². The summed E-state index contributed by atoms with van der Waals surface area (Å²) in [6.07, 6.45) is 2.35. The summed E-state index contributed by atoms with van der Waals surface area (Å²) >= 11 is 0. The quantitative estimate of drug-likeness (QED) is 0.723. The highest BCUT2D eigenvalue weighted by Crippen LogP contribution is 2.10. The number of carbonyl (C=O) groups is 1. The Kier molecular flexibility index (Phi) is 3.44. The molecular weight excluding hydrogens is 194 g/mol. The first kappa shape index (κ1) is 11.7. The maximum atomic E-state index is 11.4. The summed E-state index contributed by atoms with van der Waals surface area (Å²) in [5.41, 5.74) is 3.30. The fourth-order valence-electron chi connectivity index (χ4n) is 1.25. The summed E-state index contributed by atoms with van der Waals surface area (Å²) < 4.78 is 5.13. The van der Waals surface area contributed by atoms with E-state index in [1.165, 1.54) is 0 Å². The van der Waals surface area contributed by atoms with Gasteiger partial charge in [-0.15, -0.1) is 0 Å². The van der Waals surface area contributed by atoms with Gasteiger partial charge in [-0.05, 0) is 20.8 Å². The number of rotatable bonds is 2. The number of hydrogen-bond acceptors (Lipinski definition) is 4. The molecule has 0 atom stereocenters. The monoisotopic (exact) mass is 213 g/mol. The summed E-state index contributed by atoms with van der Waals surface area (Å²) in [6.45, 7) is 6.29. The van der Waals surface area contributed by atoms with Gasteiger partial charge in [-0.1, -0.05) is 0 Å². The molecule has 0 aromatic heterocycles. The summed E-state index contributed by atoms with van der Waals surface area (Å²) in [5, 5.41) is 4.76. The molecule has 1 amide bonds. The Labute approximate surface area is 90.4 Å². The third kappa shape index (κ3) is 4.10. The van der Waals surface area contributed by atoms with Crippen molar-refractivity contribution in [1.29, 1.82) is 0 Å².